The lowest BCUT2D eigenvalue weighted by atomic mass is 10.2. The van der Waals surface area contributed by atoms with Crippen LogP contribution in [0.3, 0.4) is 0 Å². The normalized spacial score (nSPS) is 12.3. The lowest BCUT2D eigenvalue weighted by Gasteiger charge is -2.09. The van der Waals surface area contributed by atoms with Crippen LogP contribution in [0.1, 0.15) is 21.6 Å². The lowest BCUT2D eigenvalue weighted by Crippen LogP contribution is -2.12. The Kier molecular flexibility index (Phi) is 4.21. The van der Waals surface area contributed by atoms with Gasteiger partial charge in [0.2, 0.25) is 5.88 Å². The van der Waals surface area contributed by atoms with Crippen LogP contribution in [0, 0.1) is 0 Å². The zero-order valence-corrected chi connectivity index (χ0v) is 11.7. The minimum absolute atomic E-state index is 0.276. The van der Waals surface area contributed by atoms with Crippen molar-refractivity contribution in [2.45, 2.75) is 12.4 Å². The minimum Gasteiger partial charge on any atom is -0.477 e. The molecule has 0 aliphatic heterocycles. The average molecular weight is 354 g/mol. The van der Waals surface area contributed by atoms with Gasteiger partial charge in [0.25, 0.3) is 0 Å². The van der Waals surface area contributed by atoms with Gasteiger partial charge in [0, 0.05) is 7.05 Å². The molecule has 24 heavy (non-hydrogen) atoms. The van der Waals surface area contributed by atoms with Crippen LogP contribution in [0.15, 0.2) is 24.3 Å². The van der Waals surface area contributed by atoms with Crippen molar-refractivity contribution >= 4 is 5.97 Å². The number of aromatic carboxylic acids is 1. The Balaban J connectivity index is 2.43. The molecule has 0 aliphatic rings. The van der Waals surface area contributed by atoms with Gasteiger partial charge >= 0.3 is 18.3 Å². The number of hydrogen-bond donors (Lipinski definition) is 1. The number of carboxylic acids is 1. The zero-order valence-electron chi connectivity index (χ0n) is 11.7. The summed E-state index contributed by atoms with van der Waals surface area (Å²) in [6, 6.07) is 3.01. The summed E-state index contributed by atoms with van der Waals surface area (Å²) in [5, 5.41) is 12.0. The minimum atomic E-state index is -5.03. The fraction of sp³-hybridized carbons (Fsp3) is 0.231. The number of rotatable bonds is 3. The third kappa shape index (κ3) is 3.44. The van der Waals surface area contributed by atoms with Crippen molar-refractivity contribution in [3.63, 3.8) is 0 Å². The topological polar surface area (TPSA) is 64.4 Å². The van der Waals surface area contributed by atoms with E-state index in [0.29, 0.717) is 16.8 Å². The van der Waals surface area contributed by atoms with Gasteiger partial charge in [0.05, 0.1) is 5.56 Å². The number of nitrogens with zero attached hydrogens (tertiary/aromatic N) is 2. The Bertz CT molecular complexity index is 762. The smallest absolute Gasteiger partial charge is 0.436 e. The Labute approximate surface area is 130 Å². The predicted molar refractivity (Wildman–Crippen MR) is 66.7 cm³/mol. The first-order valence-electron chi connectivity index (χ1n) is 6.14. The van der Waals surface area contributed by atoms with E-state index in [9.17, 15) is 31.1 Å². The number of halogens is 6. The monoisotopic (exact) mass is 354 g/mol. The molecule has 0 saturated carbocycles. The largest absolute Gasteiger partial charge is 0.477 e. The summed E-state index contributed by atoms with van der Waals surface area (Å²) in [5.74, 6) is -2.96. The van der Waals surface area contributed by atoms with E-state index in [1.807, 2.05) is 0 Å². The molecule has 1 aromatic heterocycles. The highest BCUT2D eigenvalue weighted by Crippen LogP contribution is 2.37. The van der Waals surface area contributed by atoms with E-state index in [2.05, 4.69) is 5.10 Å². The number of hydrogen-bond acceptors (Lipinski definition) is 3. The Morgan fingerprint density at radius 3 is 2.04 bits per heavy atom. The lowest BCUT2D eigenvalue weighted by molar-refractivity contribution is -0.142. The third-order valence-electron chi connectivity index (χ3n) is 2.87. The van der Waals surface area contributed by atoms with E-state index < -0.39 is 41.0 Å². The first kappa shape index (κ1) is 17.6. The molecular weight excluding hydrogens is 346 g/mol. The zero-order chi connectivity index (χ0) is 18.3. The molecule has 11 heteroatoms. The average Bonchev–Trinajstić information content (AvgIpc) is 2.76. The molecule has 1 aromatic carbocycles. The number of alkyl halides is 6. The Hall–Kier alpha value is -2.72. The van der Waals surface area contributed by atoms with Crippen molar-refractivity contribution in [1.82, 2.24) is 9.78 Å². The van der Waals surface area contributed by atoms with Crippen molar-refractivity contribution in [3.8, 4) is 11.6 Å². The Morgan fingerprint density at radius 1 is 1.08 bits per heavy atom. The fourth-order valence-corrected chi connectivity index (χ4v) is 1.84. The molecule has 0 atom stereocenters. The van der Waals surface area contributed by atoms with E-state index in [4.69, 9.17) is 9.84 Å². The standard InChI is InChI=1S/C13H8F6N2O3/c1-21-10(8(11(22)23)9(20-21)13(17,18)19)24-7-4-2-6(3-5-7)12(14,15)16/h2-5H,1H3,(H,22,23). The van der Waals surface area contributed by atoms with Crippen molar-refractivity contribution < 1.29 is 41.0 Å². The summed E-state index contributed by atoms with van der Waals surface area (Å²) in [7, 11) is 1.01. The van der Waals surface area contributed by atoms with E-state index in [1.165, 1.54) is 0 Å². The number of carbonyl (C=O) groups is 1. The SMILES string of the molecule is Cn1nc(C(F)(F)F)c(C(=O)O)c1Oc1ccc(C(F)(F)F)cc1. The predicted octanol–water partition coefficient (Wildman–Crippen LogP) is 3.95. The number of aryl methyl sites for hydroxylation is 1. The quantitative estimate of drug-likeness (QED) is 0.848. The molecular formula is C13H8F6N2O3. The van der Waals surface area contributed by atoms with Gasteiger partial charge in [-0.3, -0.25) is 0 Å². The van der Waals surface area contributed by atoms with Crippen LogP contribution in [0.25, 0.3) is 0 Å². The second-order valence-corrected chi connectivity index (χ2v) is 4.58. The summed E-state index contributed by atoms with van der Waals surface area (Å²) in [6.07, 6.45) is -9.63. The maximum absolute atomic E-state index is 12.8. The highest BCUT2D eigenvalue weighted by atomic mass is 19.4. The summed E-state index contributed by atoms with van der Waals surface area (Å²) >= 11 is 0. The van der Waals surface area contributed by atoms with Gasteiger partial charge in [0.1, 0.15) is 5.75 Å². The van der Waals surface area contributed by atoms with Crippen LogP contribution in [-0.4, -0.2) is 20.9 Å². The number of ether oxygens (including phenoxy) is 1. The maximum Gasteiger partial charge on any atom is 0.436 e. The van der Waals surface area contributed by atoms with Gasteiger partial charge in [-0.05, 0) is 24.3 Å². The molecule has 0 bridgehead atoms. The second kappa shape index (κ2) is 5.73. The summed E-state index contributed by atoms with van der Waals surface area (Å²) in [4.78, 5) is 11.1. The molecule has 5 nitrogen and oxygen atoms in total. The molecule has 2 rings (SSSR count). The van der Waals surface area contributed by atoms with Crippen LogP contribution < -0.4 is 4.74 Å². The summed E-state index contributed by atoms with van der Waals surface area (Å²) in [5.41, 5.74) is -3.89. The van der Waals surface area contributed by atoms with E-state index in [0.717, 1.165) is 19.2 Å². The molecule has 1 N–H and O–H groups in total. The van der Waals surface area contributed by atoms with Gasteiger partial charge in [-0.1, -0.05) is 0 Å². The maximum atomic E-state index is 12.8. The van der Waals surface area contributed by atoms with Crippen LogP contribution in [0.4, 0.5) is 26.3 Å². The first-order chi connectivity index (χ1) is 10.9. The van der Waals surface area contributed by atoms with Crippen molar-refractivity contribution in [3.05, 3.63) is 41.1 Å². The van der Waals surface area contributed by atoms with E-state index in [1.54, 1.807) is 0 Å². The number of benzene rings is 1. The summed E-state index contributed by atoms with van der Waals surface area (Å²) < 4.78 is 81.3. The molecule has 0 unspecified atom stereocenters. The Morgan fingerprint density at radius 2 is 1.62 bits per heavy atom. The van der Waals surface area contributed by atoms with Crippen molar-refractivity contribution in [1.29, 1.82) is 0 Å². The van der Waals surface area contributed by atoms with Crippen molar-refractivity contribution in [2.75, 3.05) is 0 Å². The second-order valence-electron chi connectivity index (χ2n) is 4.58. The molecule has 0 amide bonds. The molecule has 0 spiro atoms. The fourth-order valence-electron chi connectivity index (χ4n) is 1.84. The molecule has 2 aromatic rings. The van der Waals surface area contributed by atoms with Gasteiger partial charge in [0.15, 0.2) is 11.3 Å². The van der Waals surface area contributed by atoms with Crippen LogP contribution >= 0.6 is 0 Å². The van der Waals surface area contributed by atoms with Crippen LogP contribution in [0.5, 0.6) is 11.6 Å². The summed E-state index contributed by atoms with van der Waals surface area (Å²) in [6.45, 7) is 0. The van der Waals surface area contributed by atoms with Gasteiger partial charge < -0.3 is 9.84 Å². The molecule has 0 saturated heterocycles. The number of carboxylic acid groups (broad SMARTS) is 1. The number of aromatic nitrogens is 2. The molecule has 0 radical (unpaired) electrons. The molecule has 0 fully saturated rings. The van der Waals surface area contributed by atoms with Crippen LogP contribution in [0.2, 0.25) is 0 Å². The highest BCUT2D eigenvalue weighted by molar-refractivity contribution is 5.92. The third-order valence-corrected chi connectivity index (χ3v) is 2.87. The van der Waals surface area contributed by atoms with Crippen molar-refractivity contribution in [2.24, 2.45) is 7.05 Å². The van der Waals surface area contributed by atoms with Gasteiger partial charge in [-0.2, -0.15) is 31.4 Å². The van der Waals surface area contributed by atoms with Crippen LogP contribution in [-0.2, 0) is 19.4 Å². The van der Waals surface area contributed by atoms with E-state index >= 15 is 0 Å². The highest BCUT2D eigenvalue weighted by Gasteiger charge is 2.42. The molecule has 1 heterocycles. The van der Waals surface area contributed by atoms with E-state index in [-0.39, 0.29) is 5.75 Å². The van der Waals surface area contributed by atoms with Gasteiger partial charge in [-0.25, -0.2) is 9.48 Å². The first-order valence-corrected chi connectivity index (χ1v) is 6.14. The molecule has 130 valence electrons. The van der Waals surface area contributed by atoms with Gasteiger partial charge in [-0.15, -0.1) is 0 Å². The molecule has 0 aliphatic carbocycles.